The van der Waals surface area contributed by atoms with Gasteiger partial charge >= 0.3 is 0 Å². The highest BCUT2D eigenvalue weighted by molar-refractivity contribution is 5.95. The Labute approximate surface area is 113 Å². The van der Waals surface area contributed by atoms with Crippen LogP contribution in [0.1, 0.15) is 41.6 Å². The number of hydrogen-bond acceptors (Lipinski definition) is 2. The Hall–Kier alpha value is -1.42. The quantitative estimate of drug-likeness (QED) is 0.892. The molecule has 0 spiro atoms. The van der Waals surface area contributed by atoms with Gasteiger partial charge in [0.15, 0.2) is 0 Å². The molecule has 0 bridgehead atoms. The fourth-order valence-corrected chi connectivity index (χ4v) is 2.79. The number of nitrogens with zero attached hydrogens (tertiary/aromatic N) is 1. The Morgan fingerprint density at radius 1 is 1.37 bits per heavy atom. The molecule has 19 heavy (non-hydrogen) atoms. The molecule has 1 amide bonds. The van der Waals surface area contributed by atoms with E-state index in [-0.39, 0.29) is 23.8 Å². The standard InChI is InChI=1S/C15H21FN2O/c1-10-7-8-11(16)9-12(10)15(19)18(2)14-6-4-3-5-13(14)17/h7-9,13-14H,3-6,17H2,1-2H3. The lowest BCUT2D eigenvalue weighted by Gasteiger charge is -2.36. The molecule has 1 aliphatic carbocycles. The second kappa shape index (κ2) is 5.70. The number of nitrogens with two attached hydrogens (primary N) is 1. The first-order valence-electron chi connectivity index (χ1n) is 6.79. The summed E-state index contributed by atoms with van der Waals surface area (Å²) in [6, 6.07) is 4.40. The maximum absolute atomic E-state index is 13.3. The van der Waals surface area contributed by atoms with Crippen LogP contribution in [0.15, 0.2) is 18.2 Å². The summed E-state index contributed by atoms with van der Waals surface area (Å²) in [6.07, 6.45) is 4.10. The molecule has 1 saturated carbocycles. The van der Waals surface area contributed by atoms with Crippen LogP contribution in [0.25, 0.3) is 0 Å². The van der Waals surface area contributed by atoms with Gasteiger partial charge in [-0.05, 0) is 37.5 Å². The SMILES string of the molecule is Cc1ccc(F)cc1C(=O)N(C)C1CCCCC1N. The molecule has 0 radical (unpaired) electrons. The van der Waals surface area contributed by atoms with Gasteiger partial charge in [-0.3, -0.25) is 4.79 Å². The molecule has 0 aromatic heterocycles. The van der Waals surface area contributed by atoms with Crippen LogP contribution < -0.4 is 5.73 Å². The summed E-state index contributed by atoms with van der Waals surface area (Å²) in [4.78, 5) is 14.2. The average molecular weight is 264 g/mol. The molecule has 2 rings (SSSR count). The first kappa shape index (κ1) is 14.0. The van der Waals surface area contributed by atoms with Gasteiger partial charge in [-0.25, -0.2) is 4.39 Å². The summed E-state index contributed by atoms with van der Waals surface area (Å²) < 4.78 is 13.3. The third-order valence-corrected chi connectivity index (χ3v) is 4.03. The van der Waals surface area contributed by atoms with Crippen LogP contribution in [0.3, 0.4) is 0 Å². The molecule has 3 nitrogen and oxygen atoms in total. The van der Waals surface area contributed by atoms with Crippen molar-refractivity contribution in [3.05, 3.63) is 35.1 Å². The van der Waals surface area contributed by atoms with Crippen molar-refractivity contribution in [3.8, 4) is 0 Å². The number of hydrogen-bond donors (Lipinski definition) is 1. The zero-order valence-corrected chi connectivity index (χ0v) is 11.5. The van der Waals surface area contributed by atoms with Gasteiger partial charge in [0, 0.05) is 24.7 Å². The van der Waals surface area contributed by atoms with Gasteiger partial charge in [-0.1, -0.05) is 18.9 Å². The Kier molecular flexibility index (Phi) is 4.20. The minimum atomic E-state index is -0.379. The topological polar surface area (TPSA) is 46.3 Å². The van der Waals surface area contributed by atoms with E-state index in [9.17, 15) is 9.18 Å². The number of aryl methyl sites for hydroxylation is 1. The van der Waals surface area contributed by atoms with Crippen LogP contribution in [-0.2, 0) is 0 Å². The van der Waals surface area contributed by atoms with E-state index in [1.807, 2.05) is 6.92 Å². The summed E-state index contributed by atoms with van der Waals surface area (Å²) in [7, 11) is 1.77. The molecule has 0 saturated heterocycles. The van der Waals surface area contributed by atoms with Crippen molar-refractivity contribution in [1.29, 1.82) is 0 Å². The Morgan fingerprint density at radius 3 is 2.74 bits per heavy atom. The van der Waals surface area contributed by atoms with E-state index in [1.165, 1.54) is 12.1 Å². The Bertz CT molecular complexity index is 475. The molecule has 1 fully saturated rings. The highest BCUT2D eigenvalue weighted by atomic mass is 19.1. The zero-order valence-electron chi connectivity index (χ0n) is 11.5. The number of carbonyl (C=O) groups excluding carboxylic acids is 1. The van der Waals surface area contributed by atoms with E-state index in [0.717, 1.165) is 31.2 Å². The van der Waals surface area contributed by atoms with E-state index in [4.69, 9.17) is 5.73 Å². The van der Waals surface area contributed by atoms with Crippen LogP contribution in [0.5, 0.6) is 0 Å². The molecule has 0 heterocycles. The van der Waals surface area contributed by atoms with Crippen molar-refractivity contribution in [2.24, 2.45) is 5.73 Å². The molecule has 1 aliphatic rings. The van der Waals surface area contributed by atoms with Gasteiger partial charge in [0.2, 0.25) is 0 Å². The number of rotatable bonds is 2. The minimum Gasteiger partial charge on any atom is -0.337 e. The van der Waals surface area contributed by atoms with E-state index in [0.29, 0.717) is 5.56 Å². The third-order valence-electron chi connectivity index (χ3n) is 4.03. The second-order valence-electron chi connectivity index (χ2n) is 5.39. The van der Waals surface area contributed by atoms with E-state index in [1.54, 1.807) is 18.0 Å². The fourth-order valence-electron chi connectivity index (χ4n) is 2.79. The first-order chi connectivity index (χ1) is 9.00. The van der Waals surface area contributed by atoms with E-state index >= 15 is 0 Å². The lowest BCUT2D eigenvalue weighted by atomic mass is 9.89. The summed E-state index contributed by atoms with van der Waals surface area (Å²) in [6.45, 7) is 1.82. The molecule has 2 atom stereocenters. The van der Waals surface area contributed by atoms with Gasteiger partial charge in [-0.2, -0.15) is 0 Å². The molecule has 0 aliphatic heterocycles. The van der Waals surface area contributed by atoms with Crippen molar-refractivity contribution in [3.63, 3.8) is 0 Å². The molecule has 1 aromatic rings. The molecule has 4 heteroatoms. The molecule has 1 aromatic carbocycles. The number of likely N-dealkylation sites (N-methyl/N-ethyl adjacent to an activating group) is 1. The normalized spacial score (nSPS) is 23.2. The van der Waals surface area contributed by atoms with Gasteiger partial charge in [0.1, 0.15) is 5.82 Å². The van der Waals surface area contributed by atoms with Gasteiger partial charge in [-0.15, -0.1) is 0 Å². The summed E-state index contributed by atoms with van der Waals surface area (Å²) >= 11 is 0. The van der Waals surface area contributed by atoms with Crippen LogP contribution in [-0.4, -0.2) is 29.9 Å². The lowest BCUT2D eigenvalue weighted by Crippen LogP contribution is -2.50. The highest BCUT2D eigenvalue weighted by Gasteiger charge is 2.29. The van der Waals surface area contributed by atoms with Crippen molar-refractivity contribution < 1.29 is 9.18 Å². The maximum atomic E-state index is 13.3. The van der Waals surface area contributed by atoms with Crippen LogP contribution in [0, 0.1) is 12.7 Å². The van der Waals surface area contributed by atoms with Gasteiger partial charge in [0.25, 0.3) is 5.91 Å². The monoisotopic (exact) mass is 264 g/mol. The molecule has 2 N–H and O–H groups in total. The van der Waals surface area contributed by atoms with Crippen molar-refractivity contribution in [2.75, 3.05) is 7.05 Å². The predicted octanol–water partition coefficient (Wildman–Crippen LogP) is 2.48. The number of benzene rings is 1. The minimum absolute atomic E-state index is 0.0246. The predicted molar refractivity (Wildman–Crippen MR) is 73.5 cm³/mol. The highest BCUT2D eigenvalue weighted by Crippen LogP contribution is 2.23. The van der Waals surface area contributed by atoms with Crippen LogP contribution in [0.2, 0.25) is 0 Å². The fraction of sp³-hybridized carbons (Fsp3) is 0.533. The first-order valence-corrected chi connectivity index (χ1v) is 6.79. The van der Waals surface area contributed by atoms with Crippen LogP contribution >= 0.6 is 0 Å². The van der Waals surface area contributed by atoms with Crippen molar-refractivity contribution in [2.45, 2.75) is 44.7 Å². The zero-order chi connectivity index (χ0) is 14.0. The molecule has 2 unspecified atom stereocenters. The van der Waals surface area contributed by atoms with Crippen LogP contribution in [0.4, 0.5) is 4.39 Å². The van der Waals surface area contributed by atoms with Crippen molar-refractivity contribution >= 4 is 5.91 Å². The molecular formula is C15H21FN2O. The smallest absolute Gasteiger partial charge is 0.254 e. The average Bonchev–Trinajstić information content (AvgIpc) is 2.40. The number of amides is 1. The second-order valence-corrected chi connectivity index (χ2v) is 5.39. The largest absolute Gasteiger partial charge is 0.337 e. The summed E-state index contributed by atoms with van der Waals surface area (Å²) in [5.74, 6) is -0.519. The summed E-state index contributed by atoms with van der Waals surface area (Å²) in [5.41, 5.74) is 7.32. The number of carbonyl (C=O) groups is 1. The maximum Gasteiger partial charge on any atom is 0.254 e. The van der Waals surface area contributed by atoms with Crippen molar-refractivity contribution in [1.82, 2.24) is 4.90 Å². The number of halogens is 1. The Balaban J connectivity index is 2.20. The molecular weight excluding hydrogens is 243 g/mol. The van der Waals surface area contributed by atoms with Gasteiger partial charge < -0.3 is 10.6 Å². The lowest BCUT2D eigenvalue weighted by molar-refractivity contribution is 0.0671. The summed E-state index contributed by atoms with van der Waals surface area (Å²) in [5, 5.41) is 0. The third kappa shape index (κ3) is 2.95. The van der Waals surface area contributed by atoms with E-state index in [2.05, 4.69) is 0 Å². The van der Waals surface area contributed by atoms with Gasteiger partial charge in [0.05, 0.1) is 0 Å². The Morgan fingerprint density at radius 2 is 2.05 bits per heavy atom. The molecule has 104 valence electrons. The van der Waals surface area contributed by atoms with E-state index < -0.39 is 0 Å².